The fraction of sp³-hybridized carbons (Fsp3) is 0.462. The molecule has 0 aliphatic carbocycles. The third kappa shape index (κ3) is 3.86. The maximum absolute atomic E-state index is 12.1. The topological polar surface area (TPSA) is 58.8 Å². The maximum atomic E-state index is 12.1. The molecule has 2 N–H and O–H groups in total. The molecule has 1 aliphatic heterocycles. The zero-order chi connectivity index (χ0) is 14.7. The Morgan fingerprint density at radius 2 is 1.80 bits per heavy atom. The van der Waals surface area contributed by atoms with Crippen molar-refractivity contribution >= 4 is 43.5 Å². The van der Waals surface area contributed by atoms with Crippen LogP contribution in [0.4, 0.5) is 5.69 Å². The van der Waals surface area contributed by atoms with Crippen molar-refractivity contribution in [2.75, 3.05) is 45.6 Å². The molecular formula is C13H17Br2N3O2. The molecule has 2 rings (SSSR count). The first kappa shape index (κ1) is 15.6. The number of likely N-dealkylation sites (N-methyl/N-ethyl adjacent to an activating group) is 1. The van der Waals surface area contributed by atoms with E-state index < -0.39 is 0 Å². The van der Waals surface area contributed by atoms with Gasteiger partial charge in [-0.25, -0.2) is 0 Å². The molecule has 0 aromatic heterocycles. The smallest absolute Gasteiger partial charge is 0.260 e. The van der Waals surface area contributed by atoms with Gasteiger partial charge in [0.25, 0.3) is 5.91 Å². The summed E-state index contributed by atoms with van der Waals surface area (Å²) in [5.74, 6) is 0.607. The van der Waals surface area contributed by atoms with Crippen LogP contribution in [0.1, 0.15) is 0 Å². The number of amides is 1. The zero-order valence-corrected chi connectivity index (χ0v) is 14.4. The molecule has 5 nitrogen and oxygen atoms in total. The van der Waals surface area contributed by atoms with Crippen molar-refractivity contribution in [1.82, 2.24) is 9.80 Å². The number of benzene rings is 1. The van der Waals surface area contributed by atoms with E-state index in [1.807, 2.05) is 4.90 Å². The molecule has 1 fully saturated rings. The number of anilines is 1. The molecule has 1 aliphatic rings. The lowest BCUT2D eigenvalue weighted by atomic mass is 10.3. The Balaban J connectivity index is 1.94. The van der Waals surface area contributed by atoms with Crippen LogP contribution in [0.2, 0.25) is 0 Å². The van der Waals surface area contributed by atoms with Gasteiger partial charge in [-0.1, -0.05) is 0 Å². The number of ether oxygens (including phenoxy) is 1. The van der Waals surface area contributed by atoms with Crippen LogP contribution in [-0.2, 0) is 4.79 Å². The van der Waals surface area contributed by atoms with E-state index in [0.29, 0.717) is 11.4 Å². The number of hydrogen-bond acceptors (Lipinski definition) is 4. The highest BCUT2D eigenvalue weighted by atomic mass is 79.9. The standard InChI is InChI=1S/C13H17Br2N3O2/c1-17-2-4-18(5-3-17)12(19)8-20-13-10(14)6-9(16)7-11(13)15/h6-7H,2-5,8,16H2,1H3. The second-order valence-corrected chi connectivity index (χ2v) is 6.50. The van der Waals surface area contributed by atoms with E-state index in [9.17, 15) is 4.79 Å². The Morgan fingerprint density at radius 3 is 2.35 bits per heavy atom. The van der Waals surface area contributed by atoms with Crippen molar-refractivity contribution < 1.29 is 9.53 Å². The van der Waals surface area contributed by atoms with Gasteiger partial charge in [0, 0.05) is 31.9 Å². The number of piperazine rings is 1. The Bertz CT molecular complexity index is 479. The molecule has 0 saturated carbocycles. The van der Waals surface area contributed by atoms with E-state index >= 15 is 0 Å². The first-order valence-electron chi connectivity index (χ1n) is 6.31. The first-order valence-corrected chi connectivity index (χ1v) is 7.89. The van der Waals surface area contributed by atoms with Crippen molar-refractivity contribution in [2.24, 2.45) is 0 Å². The van der Waals surface area contributed by atoms with Crippen molar-refractivity contribution in [3.05, 3.63) is 21.1 Å². The summed E-state index contributed by atoms with van der Waals surface area (Å²) in [5, 5.41) is 0. The van der Waals surface area contributed by atoms with E-state index in [0.717, 1.165) is 35.1 Å². The minimum Gasteiger partial charge on any atom is -0.481 e. The molecule has 1 amide bonds. The van der Waals surface area contributed by atoms with Gasteiger partial charge in [0.1, 0.15) is 5.75 Å². The van der Waals surface area contributed by atoms with E-state index in [4.69, 9.17) is 10.5 Å². The number of nitrogens with two attached hydrogens (primary N) is 1. The zero-order valence-electron chi connectivity index (χ0n) is 11.2. The lowest BCUT2D eigenvalue weighted by molar-refractivity contribution is -0.134. The number of halogens is 2. The Hall–Kier alpha value is -0.790. The van der Waals surface area contributed by atoms with E-state index in [1.54, 1.807) is 12.1 Å². The van der Waals surface area contributed by atoms with E-state index in [-0.39, 0.29) is 12.5 Å². The van der Waals surface area contributed by atoms with E-state index in [1.165, 1.54) is 0 Å². The molecule has 0 spiro atoms. The van der Waals surface area contributed by atoms with Crippen molar-refractivity contribution in [3.8, 4) is 5.75 Å². The van der Waals surface area contributed by atoms with Crippen molar-refractivity contribution in [3.63, 3.8) is 0 Å². The molecule has 1 aromatic carbocycles. The third-order valence-electron chi connectivity index (χ3n) is 3.22. The summed E-state index contributed by atoms with van der Waals surface area (Å²) in [5.41, 5.74) is 6.35. The molecule has 0 atom stereocenters. The Labute approximate surface area is 135 Å². The predicted octanol–water partition coefficient (Wildman–Crippen LogP) is 1.95. The fourth-order valence-corrected chi connectivity index (χ4v) is 3.45. The molecule has 7 heteroatoms. The summed E-state index contributed by atoms with van der Waals surface area (Å²) >= 11 is 6.77. The van der Waals surface area contributed by atoms with Gasteiger partial charge in [0.05, 0.1) is 8.95 Å². The minimum absolute atomic E-state index is 0.00808. The summed E-state index contributed by atoms with van der Waals surface area (Å²) in [6.45, 7) is 3.35. The Kier molecular flexibility index (Phi) is 5.29. The fourth-order valence-electron chi connectivity index (χ4n) is 2.00. The van der Waals surface area contributed by atoms with Crippen LogP contribution in [0.25, 0.3) is 0 Å². The number of carbonyl (C=O) groups is 1. The summed E-state index contributed by atoms with van der Waals surface area (Å²) in [6.07, 6.45) is 0. The van der Waals surface area contributed by atoms with Gasteiger partial charge in [-0.15, -0.1) is 0 Å². The van der Waals surface area contributed by atoms with Gasteiger partial charge in [0.2, 0.25) is 0 Å². The van der Waals surface area contributed by atoms with Crippen LogP contribution in [0.15, 0.2) is 21.1 Å². The second-order valence-electron chi connectivity index (χ2n) is 4.79. The summed E-state index contributed by atoms with van der Waals surface area (Å²) in [4.78, 5) is 16.1. The SMILES string of the molecule is CN1CCN(C(=O)COc2c(Br)cc(N)cc2Br)CC1. The van der Waals surface area contributed by atoms with Crippen LogP contribution < -0.4 is 10.5 Å². The molecule has 1 heterocycles. The normalized spacial score (nSPS) is 16.2. The molecule has 0 radical (unpaired) electrons. The van der Waals surface area contributed by atoms with Gasteiger partial charge < -0.3 is 20.3 Å². The molecule has 0 bridgehead atoms. The number of nitrogens with zero attached hydrogens (tertiary/aromatic N) is 2. The lowest BCUT2D eigenvalue weighted by Gasteiger charge is -2.32. The van der Waals surface area contributed by atoms with Gasteiger partial charge in [-0.3, -0.25) is 4.79 Å². The highest BCUT2D eigenvalue weighted by Crippen LogP contribution is 2.35. The van der Waals surface area contributed by atoms with Crippen LogP contribution >= 0.6 is 31.9 Å². The monoisotopic (exact) mass is 405 g/mol. The van der Waals surface area contributed by atoms with Crippen LogP contribution in [0.3, 0.4) is 0 Å². The number of rotatable bonds is 3. The second kappa shape index (κ2) is 6.78. The predicted molar refractivity (Wildman–Crippen MR) is 85.8 cm³/mol. The quantitative estimate of drug-likeness (QED) is 0.779. The van der Waals surface area contributed by atoms with Crippen LogP contribution in [0, 0.1) is 0 Å². The molecule has 110 valence electrons. The average molecular weight is 407 g/mol. The first-order chi connectivity index (χ1) is 9.47. The number of nitrogen functional groups attached to an aromatic ring is 1. The van der Waals surface area contributed by atoms with Gasteiger partial charge in [-0.05, 0) is 51.0 Å². The van der Waals surface area contributed by atoms with Crippen molar-refractivity contribution in [1.29, 1.82) is 0 Å². The van der Waals surface area contributed by atoms with E-state index in [2.05, 4.69) is 43.8 Å². The van der Waals surface area contributed by atoms with Crippen LogP contribution in [-0.4, -0.2) is 55.5 Å². The van der Waals surface area contributed by atoms with Gasteiger partial charge in [0.15, 0.2) is 6.61 Å². The largest absolute Gasteiger partial charge is 0.481 e. The Morgan fingerprint density at radius 1 is 1.25 bits per heavy atom. The molecule has 0 unspecified atom stereocenters. The molecule has 1 saturated heterocycles. The molecule has 1 aromatic rings. The summed E-state index contributed by atoms with van der Waals surface area (Å²) in [6, 6.07) is 3.50. The van der Waals surface area contributed by atoms with Gasteiger partial charge >= 0.3 is 0 Å². The van der Waals surface area contributed by atoms with Crippen LogP contribution in [0.5, 0.6) is 5.75 Å². The summed E-state index contributed by atoms with van der Waals surface area (Å²) in [7, 11) is 2.06. The maximum Gasteiger partial charge on any atom is 0.260 e. The lowest BCUT2D eigenvalue weighted by Crippen LogP contribution is -2.48. The number of hydrogen-bond donors (Lipinski definition) is 1. The highest BCUT2D eigenvalue weighted by molar-refractivity contribution is 9.11. The third-order valence-corrected chi connectivity index (χ3v) is 4.39. The average Bonchev–Trinajstić information content (AvgIpc) is 2.38. The molecule has 20 heavy (non-hydrogen) atoms. The minimum atomic E-state index is 0.00808. The van der Waals surface area contributed by atoms with Crippen molar-refractivity contribution in [2.45, 2.75) is 0 Å². The number of carbonyl (C=O) groups excluding carboxylic acids is 1. The summed E-state index contributed by atoms with van der Waals surface area (Å²) < 4.78 is 7.07. The molecular weight excluding hydrogens is 390 g/mol. The highest BCUT2D eigenvalue weighted by Gasteiger charge is 2.20. The van der Waals surface area contributed by atoms with Gasteiger partial charge in [-0.2, -0.15) is 0 Å².